The minimum absolute atomic E-state index is 0.152. The molecule has 1 aromatic heterocycles. The largest absolute Gasteiger partial charge is 0.496 e. The highest BCUT2D eigenvalue weighted by atomic mass is 35.5. The van der Waals surface area contributed by atoms with E-state index in [1.54, 1.807) is 26.4 Å². The summed E-state index contributed by atoms with van der Waals surface area (Å²) in [7, 11) is 3.39. The molecule has 0 radical (unpaired) electrons. The molecule has 0 bridgehead atoms. The Bertz CT molecular complexity index is 557. The number of nitrogens with two attached hydrogens (primary N) is 1. The first-order valence-corrected chi connectivity index (χ1v) is 6.16. The van der Waals surface area contributed by atoms with Gasteiger partial charge in [0.2, 0.25) is 0 Å². The number of aryl methyl sites for hydroxylation is 1. The summed E-state index contributed by atoms with van der Waals surface area (Å²) < 4.78 is 5.32. The maximum absolute atomic E-state index is 6.01. The molecule has 7 heteroatoms. The van der Waals surface area contributed by atoms with Crippen LogP contribution in [0.2, 0.25) is 5.02 Å². The quantitative estimate of drug-likeness (QED) is 0.636. The van der Waals surface area contributed by atoms with Gasteiger partial charge in [0.1, 0.15) is 11.4 Å². The molecule has 0 amide bonds. The van der Waals surface area contributed by atoms with Crippen LogP contribution in [0.5, 0.6) is 5.75 Å². The van der Waals surface area contributed by atoms with Crippen LogP contribution in [-0.4, -0.2) is 22.1 Å². The molecule has 0 saturated carbocycles. The van der Waals surface area contributed by atoms with Crippen molar-refractivity contribution < 1.29 is 4.74 Å². The number of hydrogen-bond donors (Lipinski definition) is 2. The van der Waals surface area contributed by atoms with E-state index in [-0.39, 0.29) is 6.04 Å². The average molecular weight is 282 g/mol. The Balaban J connectivity index is 2.25. The standard InChI is InChI=1S/C12H16ClN5O/c1-18-15-7-11(17-18)10(16-14)6-8-5-9(13)3-4-12(8)19-2/h3-5,7,10,16H,6,14H2,1-2H3. The lowest BCUT2D eigenvalue weighted by molar-refractivity contribution is 0.405. The number of benzene rings is 1. The summed E-state index contributed by atoms with van der Waals surface area (Å²) in [6, 6.07) is 5.33. The lowest BCUT2D eigenvalue weighted by Gasteiger charge is -2.15. The maximum atomic E-state index is 6.01. The molecule has 2 rings (SSSR count). The lowest BCUT2D eigenvalue weighted by Crippen LogP contribution is -2.30. The van der Waals surface area contributed by atoms with E-state index in [0.717, 1.165) is 17.0 Å². The highest BCUT2D eigenvalue weighted by Gasteiger charge is 2.16. The topological polar surface area (TPSA) is 78.0 Å². The molecule has 0 aliphatic carbocycles. The van der Waals surface area contributed by atoms with E-state index in [2.05, 4.69) is 15.6 Å². The fourth-order valence-electron chi connectivity index (χ4n) is 1.90. The molecule has 6 nitrogen and oxygen atoms in total. The van der Waals surface area contributed by atoms with Crippen LogP contribution in [0, 0.1) is 0 Å². The van der Waals surface area contributed by atoms with Crippen LogP contribution in [0.25, 0.3) is 0 Å². The number of nitrogens with one attached hydrogen (secondary N) is 1. The van der Waals surface area contributed by atoms with Crippen molar-refractivity contribution in [1.29, 1.82) is 0 Å². The van der Waals surface area contributed by atoms with Crippen LogP contribution in [0.1, 0.15) is 17.3 Å². The van der Waals surface area contributed by atoms with Gasteiger partial charge < -0.3 is 4.74 Å². The van der Waals surface area contributed by atoms with E-state index in [0.29, 0.717) is 11.4 Å². The first kappa shape index (κ1) is 13.8. The van der Waals surface area contributed by atoms with Crippen molar-refractivity contribution >= 4 is 11.6 Å². The summed E-state index contributed by atoms with van der Waals surface area (Å²) in [5, 5.41) is 8.94. The van der Waals surface area contributed by atoms with E-state index in [4.69, 9.17) is 22.2 Å². The van der Waals surface area contributed by atoms with Crippen molar-refractivity contribution in [1.82, 2.24) is 20.4 Å². The Labute approximate surface area is 116 Å². The van der Waals surface area contributed by atoms with Crippen LogP contribution >= 0.6 is 11.6 Å². The van der Waals surface area contributed by atoms with Gasteiger partial charge in [-0.05, 0) is 30.2 Å². The first-order chi connectivity index (χ1) is 9.13. The Morgan fingerprint density at radius 2 is 2.32 bits per heavy atom. The molecule has 0 spiro atoms. The zero-order valence-electron chi connectivity index (χ0n) is 10.8. The van der Waals surface area contributed by atoms with Gasteiger partial charge >= 0.3 is 0 Å². The molecule has 1 heterocycles. The van der Waals surface area contributed by atoms with Crippen molar-refractivity contribution in [3.05, 3.63) is 40.7 Å². The number of halogens is 1. The minimum atomic E-state index is -0.152. The summed E-state index contributed by atoms with van der Waals surface area (Å²) in [6.45, 7) is 0. The molecular formula is C12H16ClN5O. The summed E-state index contributed by atoms with van der Waals surface area (Å²) in [5.41, 5.74) is 4.47. The summed E-state index contributed by atoms with van der Waals surface area (Å²) >= 11 is 6.01. The van der Waals surface area contributed by atoms with Gasteiger partial charge in [-0.15, -0.1) is 0 Å². The van der Waals surface area contributed by atoms with Crippen molar-refractivity contribution in [3.8, 4) is 5.75 Å². The third-order valence-corrected chi connectivity index (χ3v) is 3.08. The summed E-state index contributed by atoms with van der Waals surface area (Å²) in [4.78, 5) is 1.49. The third-order valence-electron chi connectivity index (χ3n) is 2.84. The molecule has 0 saturated heterocycles. The van der Waals surface area contributed by atoms with Crippen molar-refractivity contribution in [2.45, 2.75) is 12.5 Å². The van der Waals surface area contributed by atoms with Crippen molar-refractivity contribution in [2.75, 3.05) is 7.11 Å². The molecule has 19 heavy (non-hydrogen) atoms. The minimum Gasteiger partial charge on any atom is -0.496 e. The molecule has 1 aromatic carbocycles. The first-order valence-electron chi connectivity index (χ1n) is 5.78. The van der Waals surface area contributed by atoms with Gasteiger partial charge in [-0.25, -0.2) is 0 Å². The predicted octanol–water partition coefficient (Wildman–Crippen LogP) is 1.22. The van der Waals surface area contributed by atoms with Crippen LogP contribution < -0.4 is 16.0 Å². The van der Waals surface area contributed by atoms with Crippen molar-refractivity contribution in [3.63, 3.8) is 0 Å². The van der Waals surface area contributed by atoms with Crippen LogP contribution in [0.4, 0.5) is 0 Å². The fraction of sp³-hybridized carbons (Fsp3) is 0.333. The fourth-order valence-corrected chi connectivity index (χ4v) is 2.09. The Kier molecular flexibility index (Phi) is 4.36. The number of hydrogen-bond acceptors (Lipinski definition) is 5. The van der Waals surface area contributed by atoms with E-state index in [9.17, 15) is 0 Å². The molecule has 1 unspecified atom stereocenters. The molecule has 0 aliphatic rings. The van der Waals surface area contributed by atoms with Gasteiger partial charge in [-0.1, -0.05) is 11.6 Å². The number of nitrogens with zero attached hydrogens (tertiary/aromatic N) is 3. The van der Waals surface area contributed by atoms with Gasteiger partial charge in [-0.2, -0.15) is 15.0 Å². The molecule has 0 aliphatic heterocycles. The Morgan fingerprint density at radius 1 is 1.53 bits per heavy atom. The van der Waals surface area contributed by atoms with Crippen LogP contribution in [0.3, 0.4) is 0 Å². The number of rotatable bonds is 5. The molecule has 2 aromatic rings. The zero-order valence-corrected chi connectivity index (χ0v) is 11.6. The van der Waals surface area contributed by atoms with Gasteiger partial charge in [-0.3, -0.25) is 11.3 Å². The summed E-state index contributed by atoms with van der Waals surface area (Å²) in [5.74, 6) is 6.36. The van der Waals surface area contributed by atoms with E-state index in [1.165, 1.54) is 4.80 Å². The average Bonchev–Trinajstić information content (AvgIpc) is 2.82. The van der Waals surface area contributed by atoms with E-state index in [1.807, 2.05) is 12.1 Å². The molecule has 3 N–H and O–H groups in total. The second kappa shape index (κ2) is 6.01. The highest BCUT2D eigenvalue weighted by Crippen LogP contribution is 2.26. The molecule has 1 atom stereocenters. The number of aromatic nitrogens is 3. The second-order valence-electron chi connectivity index (χ2n) is 4.14. The maximum Gasteiger partial charge on any atom is 0.122 e. The Hall–Kier alpha value is -1.63. The van der Waals surface area contributed by atoms with Gasteiger partial charge in [0.05, 0.1) is 19.3 Å². The zero-order chi connectivity index (χ0) is 13.8. The predicted molar refractivity (Wildman–Crippen MR) is 72.8 cm³/mol. The lowest BCUT2D eigenvalue weighted by atomic mass is 10.0. The van der Waals surface area contributed by atoms with Crippen LogP contribution in [0.15, 0.2) is 24.4 Å². The van der Waals surface area contributed by atoms with E-state index >= 15 is 0 Å². The smallest absolute Gasteiger partial charge is 0.122 e. The number of hydrazine groups is 1. The van der Waals surface area contributed by atoms with Gasteiger partial charge in [0.15, 0.2) is 0 Å². The third kappa shape index (κ3) is 3.23. The van der Waals surface area contributed by atoms with Crippen molar-refractivity contribution in [2.24, 2.45) is 12.9 Å². The van der Waals surface area contributed by atoms with Gasteiger partial charge in [0, 0.05) is 12.1 Å². The van der Waals surface area contributed by atoms with E-state index < -0.39 is 0 Å². The Morgan fingerprint density at radius 3 is 2.89 bits per heavy atom. The molecular weight excluding hydrogens is 266 g/mol. The summed E-state index contributed by atoms with van der Waals surface area (Å²) in [6.07, 6.45) is 2.29. The number of methoxy groups -OCH3 is 1. The SMILES string of the molecule is COc1ccc(Cl)cc1CC(NN)c1cnn(C)n1. The molecule has 0 fully saturated rings. The monoisotopic (exact) mass is 281 g/mol. The number of ether oxygens (including phenoxy) is 1. The highest BCUT2D eigenvalue weighted by molar-refractivity contribution is 6.30. The molecule has 102 valence electrons. The van der Waals surface area contributed by atoms with Gasteiger partial charge in [0.25, 0.3) is 0 Å². The normalized spacial score (nSPS) is 12.4. The second-order valence-corrected chi connectivity index (χ2v) is 4.57. The van der Waals surface area contributed by atoms with Crippen LogP contribution in [-0.2, 0) is 13.5 Å².